The van der Waals surface area contributed by atoms with Gasteiger partial charge in [-0.3, -0.25) is 9.69 Å². The van der Waals surface area contributed by atoms with Gasteiger partial charge in [0.1, 0.15) is 0 Å². The SMILES string of the molecule is CC(C)[C@H]1CN(C)CCN1Cc1cc2c(c(C(F)(F)F)c1)CNC2=O. The van der Waals surface area contributed by atoms with Gasteiger partial charge in [-0.2, -0.15) is 13.2 Å². The zero-order chi connectivity index (χ0) is 18.4. The predicted octanol–water partition coefficient (Wildman–Crippen LogP) is 2.72. The van der Waals surface area contributed by atoms with E-state index in [9.17, 15) is 18.0 Å². The Bertz CT molecular complexity index is 672. The molecule has 2 heterocycles. The largest absolute Gasteiger partial charge is 0.416 e. The standard InChI is InChI=1S/C18H24F3N3O/c1-11(2)16-10-23(3)4-5-24(16)9-12-6-13-14(8-22-17(13)25)15(7-12)18(19,20)21/h6-7,11,16H,4-5,8-10H2,1-3H3,(H,22,25)/t16-/m1/s1. The molecule has 0 radical (unpaired) electrons. The summed E-state index contributed by atoms with van der Waals surface area (Å²) in [7, 11) is 2.06. The lowest BCUT2D eigenvalue weighted by Crippen LogP contribution is -2.53. The van der Waals surface area contributed by atoms with Crippen LogP contribution in [0.4, 0.5) is 13.2 Å². The lowest BCUT2D eigenvalue weighted by molar-refractivity contribution is -0.138. The molecule has 1 N–H and O–H groups in total. The summed E-state index contributed by atoms with van der Waals surface area (Å²) >= 11 is 0. The summed E-state index contributed by atoms with van der Waals surface area (Å²) in [5, 5.41) is 2.50. The van der Waals surface area contributed by atoms with Crippen molar-refractivity contribution in [2.24, 2.45) is 5.92 Å². The maximum atomic E-state index is 13.4. The summed E-state index contributed by atoms with van der Waals surface area (Å²) in [5.41, 5.74) is 0.104. The highest BCUT2D eigenvalue weighted by Crippen LogP contribution is 2.36. The molecule has 0 aromatic heterocycles. The number of piperazine rings is 1. The van der Waals surface area contributed by atoms with E-state index in [-0.39, 0.29) is 23.7 Å². The van der Waals surface area contributed by atoms with Gasteiger partial charge in [-0.1, -0.05) is 13.8 Å². The van der Waals surface area contributed by atoms with Crippen molar-refractivity contribution in [2.75, 3.05) is 26.7 Å². The fourth-order valence-electron chi connectivity index (χ4n) is 3.79. The minimum Gasteiger partial charge on any atom is -0.348 e. The van der Waals surface area contributed by atoms with Crippen LogP contribution in [0, 0.1) is 5.92 Å². The van der Waals surface area contributed by atoms with Crippen LogP contribution in [-0.2, 0) is 19.3 Å². The van der Waals surface area contributed by atoms with Crippen molar-refractivity contribution in [3.8, 4) is 0 Å². The van der Waals surface area contributed by atoms with E-state index in [1.54, 1.807) is 6.07 Å². The smallest absolute Gasteiger partial charge is 0.348 e. The Morgan fingerprint density at radius 2 is 2.00 bits per heavy atom. The van der Waals surface area contributed by atoms with Crippen LogP contribution in [0.5, 0.6) is 0 Å². The van der Waals surface area contributed by atoms with Crippen molar-refractivity contribution >= 4 is 5.91 Å². The Morgan fingerprint density at radius 1 is 1.28 bits per heavy atom. The number of fused-ring (bicyclic) bond motifs is 1. The van der Waals surface area contributed by atoms with Crippen LogP contribution in [0.1, 0.15) is 40.9 Å². The third kappa shape index (κ3) is 3.67. The summed E-state index contributed by atoms with van der Waals surface area (Å²) in [5.74, 6) is -0.0105. The van der Waals surface area contributed by atoms with E-state index in [1.165, 1.54) is 6.07 Å². The zero-order valence-corrected chi connectivity index (χ0v) is 14.8. The van der Waals surface area contributed by atoms with Gasteiger partial charge in [0.2, 0.25) is 0 Å². The number of halogens is 3. The maximum Gasteiger partial charge on any atom is 0.416 e. The number of hydrogen-bond donors (Lipinski definition) is 1. The van der Waals surface area contributed by atoms with Crippen LogP contribution in [0.25, 0.3) is 0 Å². The van der Waals surface area contributed by atoms with Crippen LogP contribution < -0.4 is 5.32 Å². The molecule has 1 aromatic carbocycles. The summed E-state index contributed by atoms with van der Waals surface area (Å²) < 4.78 is 40.3. The van der Waals surface area contributed by atoms with Gasteiger partial charge in [-0.05, 0) is 36.2 Å². The number of amides is 1. The Labute approximate surface area is 146 Å². The summed E-state index contributed by atoms with van der Waals surface area (Å²) in [4.78, 5) is 16.4. The van der Waals surface area contributed by atoms with Gasteiger partial charge >= 0.3 is 6.18 Å². The zero-order valence-electron chi connectivity index (χ0n) is 14.8. The van der Waals surface area contributed by atoms with E-state index in [0.29, 0.717) is 18.0 Å². The first kappa shape index (κ1) is 18.2. The molecular weight excluding hydrogens is 331 g/mol. The molecule has 1 fully saturated rings. The molecule has 1 atom stereocenters. The summed E-state index contributed by atoms with van der Waals surface area (Å²) in [6, 6.07) is 3.13. The van der Waals surface area contributed by atoms with E-state index < -0.39 is 17.6 Å². The van der Waals surface area contributed by atoms with E-state index in [0.717, 1.165) is 19.6 Å². The number of rotatable bonds is 3. The minimum absolute atomic E-state index is 0.0492. The predicted molar refractivity (Wildman–Crippen MR) is 89.1 cm³/mol. The molecule has 1 aromatic rings. The number of hydrogen-bond acceptors (Lipinski definition) is 3. The first-order chi connectivity index (χ1) is 11.7. The highest BCUT2D eigenvalue weighted by molar-refractivity contribution is 5.99. The normalized spacial score (nSPS) is 22.4. The highest BCUT2D eigenvalue weighted by atomic mass is 19.4. The van der Waals surface area contributed by atoms with Crippen molar-refractivity contribution < 1.29 is 18.0 Å². The second-order valence-electron chi connectivity index (χ2n) is 7.39. The van der Waals surface area contributed by atoms with Crippen LogP contribution in [0.3, 0.4) is 0 Å². The Hall–Kier alpha value is -1.60. The number of likely N-dealkylation sites (N-methyl/N-ethyl adjacent to an activating group) is 1. The second kappa shape index (κ2) is 6.61. The molecule has 4 nitrogen and oxygen atoms in total. The number of nitrogens with one attached hydrogen (secondary N) is 1. The lowest BCUT2D eigenvalue weighted by Gasteiger charge is -2.42. The van der Waals surface area contributed by atoms with E-state index in [4.69, 9.17) is 0 Å². The summed E-state index contributed by atoms with van der Waals surface area (Å²) in [6.45, 7) is 7.24. The van der Waals surface area contributed by atoms with Crippen LogP contribution >= 0.6 is 0 Å². The molecule has 25 heavy (non-hydrogen) atoms. The first-order valence-corrected chi connectivity index (χ1v) is 8.60. The van der Waals surface area contributed by atoms with Gasteiger partial charge in [0.25, 0.3) is 5.91 Å². The van der Waals surface area contributed by atoms with Crippen molar-refractivity contribution in [3.05, 3.63) is 34.4 Å². The Balaban J connectivity index is 1.92. The van der Waals surface area contributed by atoms with Crippen LogP contribution in [0.15, 0.2) is 12.1 Å². The van der Waals surface area contributed by atoms with Crippen LogP contribution in [-0.4, -0.2) is 48.4 Å². The fourth-order valence-corrected chi connectivity index (χ4v) is 3.79. The van der Waals surface area contributed by atoms with Gasteiger partial charge in [-0.25, -0.2) is 0 Å². The van der Waals surface area contributed by atoms with Gasteiger partial charge in [0.15, 0.2) is 0 Å². The molecule has 138 valence electrons. The topological polar surface area (TPSA) is 35.6 Å². The Kier molecular flexibility index (Phi) is 4.81. The number of carbonyl (C=O) groups is 1. The molecule has 0 bridgehead atoms. The molecule has 0 spiro atoms. The highest BCUT2D eigenvalue weighted by Gasteiger charge is 2.38. The monoisotopic (exact) mass is 355 g/mol. The number of nitrogens with zero attached hydrogens (tertiary/aromatic N) is 2. The van der Waals surface area contributed by atoms with E-state index in [2.05, 4.69) is 36.0 Å². The molecule has 0 aliphatic carbocycles. The first-order valence-electron chi connectivity index (χ1n) is 8.60. The molecule has 7 heteroatoms. The van der Waals surface area contributed by atoms with Gasteiger partial charge in [-0.15, -0.1) is 0 Å². The molecule has 2 aliphatic rings. The molecule has 2 aliphatic heterocycles. The van der Waals surface area contributed by atoms with E-state index >= 15 is 0 Å². The van der Waals surface area contributed by atoms with Crippen molar-refractivity contribution in [3.63, 3.8) is 0 Å². The van der Waals surface area contributed by atoms with Gasteiger partial charge in [0, 0.05) is 44.3 Å². The molecule has 0 unspecified atom stereocenters. The number of carbonyl (C=O) groups excluding carboxylic acids is 1. The summed E-state index contributed by atoms with van der Waals surface area (Å²) in [6.07, 6.45) is -4.45. The molecule has 1 saturated heterocycles. The van der Waals surface area contributed by atoms with Gasteiger partial charge < -0.3 is 10.2 Å². The third-order valence-electron chi connectivity index (χ3n) is 5.18. The maximum absolute atomic E-state index is 13.4. The molecule has 3 rings (SSSR count). The van der Waals surface area contributed by atoms with Crippen LogP contribution in [0.2, 0.25) is 0 Å². The third-order valence-corrected chi connectivity index (χ3v) is 5.18. The molecule has 0 saturated carbocycles. The van der Waals surface area contributed by atoms with Crippen molar-refractivity contribution in [1.29, 1.82) is 0 Å². The number of benzene rings is 1. The Morgan fingerprint density at radius 3 is 2.64 bits per heavy atom. The minimum atomic E-state index is -4.45. The molecular formula is C18H24F3N3O. The average Bonchev–Trinajstić information content (AvgIpc) is 2.88. The number of alkyl halides is 3. The van der Waals surface area contributed by atoms with Crippen molar-refractivity contribution in [2.45, 2.75) is 39.2 Å². The van der Waals surface area contributed by atoms with E-state index in [1.807, 2.05) is 0 Å². The second-order valence-corrected chi connectivity index (χ2v) is 7.39. The van der Waals surface area contributed by atoms with Gasteiger partial charge in [0.05, 0.1) is 5.56 Å². The fraction of sp³-hybridized carbons (Fsp3) is 0.611. The average molecular weight is 355 g/mol. The lowest BCUT2D eigenvalue weighted by atomic mass is 9.96. The molecule has 1 amide bonds. The van der Waals surface area contributed by atoms with Crippen molar-refractivity contribution in [1.82, 2.24) is 15.1 Å². The quantitative estimate of drug-likeness (QED) is 0.906.